The third-order valence-electron chi connectivity index (χ3n) is 2.05. The maximum absolute atomic E-state index is 13.4. The number of rotatable bonds is 4. The molecule has 0 aliphatic rings. The minimum absolute atomic E-state index is 0.212. The summed E-state index contributed by atoms with van der Waals surface area (Å²) < 4.78 is 18.7. The van der Waals surface area contributed by atoms with Crippen LogP contribution in [0.15, 0.2) is 0 Å². The van der Waals surface area contributed by atoms with E-state index in [4.69, 9.17) is 4.74 Å². The highest BCUT2D eigenvalue weighted by molar-refractivity contribution is 5.37. The number of hydrogen-bond acceptors (Lipinski definition) is 4. The molecule has 0 aliphatic heterocycles. The molecule has 0 spiro atoms. The van der Waals surface area contributed by atoms with Crippen LogP contribution in [-0.4, -0.2) is 23.6 Å². The Bertz CT molecular complexity index is 344. The lowest BCUT2D eigenvalue weighted by Gasteiger charge is -2.12. The first-order valence-corrected chi connectivity index (χ1v) is 4.93. The van der Waals surface area contributed by atoms with E-state index in [1.807, 2.05) is 13.8 Å². The molecule has 1 N–H and O–H groups in total. The predicted octanol–water partition coefficient (Wildman–Crippen LogP) is 2.06. The summed E-state index contributed by atoms with van der Waals surface area (Å²) in [6.07, 6.45) is -0.221. The van der Waals surface area contributed by atoms with Gasteiger partial charge in [-0.1, -0.05) is 0 Å². The van der Waals surface area contributed by atoms with E-state index in [1.165, 1.54) is 0 Å². The van der Waals surface area contributed by atoms with Crippen molar-refractivity contribution in [3.8, 4) is 0 Å². The normalized spacial score (nSPS) is 12.6. The largest absolute Gasteiger partial charge is 0.371 e. The molecule has 0 bridgehead atoms. The van der Waals surface area contributed by atoms with Gasteiger partial charge >= 0.3 is 0 Å². The summed E-state index contributed by atoms with van der Waals surface area (Å²) in [4.78, 5) is 8.10. The Balaban J connectivity index is 3.05. The Labute approximate surface area is 88.9 Å². The SMILES string of the molecule is CCOC(C)c1nc(C)c(F)c(NC)n1. The summed E-state index contributed by atoms with van der Waals surface area (Å²) in [7, 11) is 1.62. The predicted molar refractivity (Wildman–Crippen MR) is 56.3 cm³/mol. The van der Waals surface area contributed by atoms with Gasteiger partial charge in [0, 0.05) is 13.7 Å². The first kappa shape index (κ1) is 11.8. The molecule has 1 aromatic heterocycles. The number of nitrogens with one attached hydrogen (secondary N) is 1. The molecule has 1 aromatic rings. The minimum atomic E-state index is -0.412. The smallest absolute Gasteiger partial charge is 0.186 e. The summed E-state index contributed by atoms with van der Waals surface area (Å²) in [5.41, 5.74) is 0.330. The molecule has 0 radical (unpaired) electrons. The topological polar surface area (TPSA) is 47.0 Å². The van der Waals surface area contributed by atoms with Crippen LogP contribution < -0.4 is 5.32 Å². The molecule has 15 heavy (non-hydrogen) atoms. The third-order valence-corrected chi connectivity index (χ3v) is 2.05. The van der Waals surface area contributed by atoms with Gasteiger partial charge in [0.2, 0.25) is 0 Å². The van der Waals surface area contributed by atoms with Crippen LogP contribution in [0.3, 0.4) is 0 Å². The lowest BCUT2D eigenvalue weighted by Crippen LogP contribution is -2.10. The molecule has 0 aromatic carbocycles. The molecule has 0 fully saturated rings. The molecule has 1 unspecified atom stereocenters. The fourth-order valence-electron chi connectivity index (χ4n) is 1.25. The summed E-state index contributed by atoms with van der Waals surface area (Å²) in [6.45, 7) is 5.93. The van der Waals surface area contributed by atoms with Gasteiger partial charge in [-0.2, -0.15) is 0 Å². The molecule has 0 saturated carbocycles. The number of nitrogens with zero attached hydrogens (tertiary/aromatic N) is 2. The third kappa shape index (κ3) is 2.62. The van der Waals surface area contributed by atoms with Crippen molar-refractivity contribution in [2.24, 2.45) is 0 Å². The molecule has 1 heterocycles. The van der Waals surface area contributed by atoms with Crippen molar-refractivity contribution in [3.05, 3.63) is 17.3 Å². The van der Waals surface area contributed by atoms with Crippen LogP contribution in [-0.2, 0) is 4.74 Å². The fourth-order valence-corrected chi connectivity index (χ4v) is 1.25. The second-order valence-electron chi connectivity index (χ2n) is 3.18. The average Bonchev–Trinajstić information content (AvgIpc) is 2.22. The Kier molecular flexibility index (Phi) is 3.96. The zero-order chi connectivity index (χ0) is 11.4. The highest BCUT2D eigenvalue weighted by Gasteiger charge is 2.14. The molecule has 4 nitrogen and oxygen atoms in total. The monoisotopic (exact) mass is 213 g/mol. The Morgan fingerprint density at radius 1 is 1.47 bits per heavy atom. The minimum Gasteiger partial charge on any atom is -0.371 e. The van der Waals surface area contributed by atoms with Gasteiger partial charge in [-0.25, -0.2) is 14.4 Å². The zero-order valence-corrected chi connectivity index (χ0v) is 9.47. The van der Waals surface area contributed by atoms with Crippen molar-refractivity contribution < 1.29 is 9.13 Å². The number of aromatic nitrogens is 2. The van der Waals surface area contributed by atoms with Crippen LogP contribution in [0.1, 0.15) is 31.5 Å². The number of halogens is 1. The maximum atomic E-state index is 13.4. The highest BCUT2D eigenvalue weighted by Crippen LogP contribution is 2.18. The number of ether oxygens (including phenoxy) is 1. The summed E-state index contributed by atoms with van der Waals surface area (Å²) >= 11 is 0. The van der Waals surface area contributed by atoms with Crippen LogP contribution in [0.2, 0.25) is 0 Å². The van der Waals surface area contributed by atoms with E-state index in [0.29, 0.717) is 18.1 Å². The first-order valence-electron chi connectivity index (χ1n) is 4.93. The van der Waals surface area contributed by atoms with Crippen LogP contribution >= 0.6 is 0 Å². The summed E-state index contributed by atoms with van der Waals surface area (Å²) in [5.74, 6) is 0.300. The molecule has 1 rings (SSSR count). The van der Waals surface area contributed by atoms with Crippen molar-refractivity contribution in [3.63, 3.8) is 0 Å². The Morgan fingerprint density at radius 3 is 2.67 bits per heavy atom. The van der Waals surface area contributed by atoms with Crippen molar-refractivity contribution in [2.75, 3.05) is 19.0 Å². The fraction of sp³-hybridized carbons (Fsp3) is 0.600. The first-order chi connectivity index (χ1) is 7.10. The lowest BCUT2D eigenvalue weighted by molar-refractivity contribution is 0.0699. The molecule has 84 valence electrons. The standard InChI is InChI=1S/C10H16FN3O/c1-5-15-7(3)9-13-6(2)8(11)10(12-4)14-9/h7H,5H2,1-4H3,(H,12,13,14). The van der Waals surface area contributed by atoms with E-state index in [2.05, 4.69) is 15.3 Å². The van der Waals surface area contributed by atoms with Crippen LogP contribution in [0, 0.1) is 12.7 Å². The van der Waals surface area contributed by atoms with Crippen molar-refractivity contribution in [2.45, 2.75) is 26.9 Å². The van der Waals surface area contributed by atoms with Gasteiger partial charge in [0.25, 0.3) is 0 Å². The van der Waals surface area contributed by atoms with E-state index in [9.17, 15) is 4.39 Å². The second kappa shape index (κ2) is 5.02. The molecule has 1 atom stereocenters. The van der Waals surface area contributed by atoms with Gasteiger partial charge in [0.1, 0.15) is 6.10 Å². The summed E-state index contributed by atoms with van der Waals surface area (Å²) in [5, 5.41) is 2.69. The van der Waals surface area contributed by atoms with E-state index >= 15 is 0 Å². The van der Waals surface area contributed by atoms with Gasteiger partial charge in [-0.3, -0.25) is 0 Å². The molecular formula is C10H16FN3O. The van der Waals surface area contributed by atoms with E-state index in [0.717, 1.165) is 0 Å². The van der Waals surface area contributed by atoms with E-state index in [-0.39, 0.29) is 11.9 Å². The molecule has 0 saturated heterocycles. The van der Waals surface area contributed by atoms with Gasteiger partial charge < -0.3 is 10.1 Å². The number of aryl methyl sites for hydroxylation is 1. The van der Waals surface area contributed by atoms with E-state index < -0.39 is 5.82 Å². The average molecular weight is 213 g/mol. The Hall–Kier alpha value is -1.23. The second-order valence-corrected chi connectivity index (χ2v) is 3.18. The van der Waals surface area contributed by atoms with Crippen LogP contribution in [0.5, 0.6) is 0 Å². The lowest BCUT2D eigenvalue weighted by atomic mass is 10.3. The maximum Gasteiger partial charge on any atom is 0.186 e. The number of anilines is 1. The van der Waals surface area contributed by atoms with E-state index in [1.54, 1.807) is 14.0 Å². The van der Waals surface area contributed by atoms with Crippen molar-refractivity contribution in [1.82, 2.24) is 9.97 Å². The summed E-state index contributed by atoms with van der Waals surface area (Å²) in [6, 6.07) is 0. The molecular weight excluding hydrogens is 197 g/mol. The van der Waals surface area contributed by atoms with Gasteiger partial charge in [0.15, 0.2) is 17.5 Å². The highest BCUT2D eigenvalue weighted by atomic mass is 19.1. The molecule has 0 amide bonds. The molecule has 5 heteroatoms. The van der Waals surface area contributed by atoms with Crippen molar-refractivity contribution >= 4 is 5.82 Å². The quantitative estimate of drug-likeness (QED) is 0.831. The molecule has 0 aliphatic carbocycles. The Morgan fingerprint density at radius 2 is 2.13 bits per heavy atom. The van der Waals surface area contributed by atoms with Gasteiger partial charge in [-0.05, 0) is 20.8 Å². The van der Waals surface area contributed by atoms with Gasteiger partial charge in [0.05, 0.1) is 5.69 Å². The van der Waals surface area contributed by atoms with Crippen molar-refractivity contribution in [1.29, 1.82) is 0 Å². The van der Waals surface area contributed by atoms with Gasteiger partial charge in [-0.15, -0.1) is 0 Å². The number of hydrogen-bond donors (Lipinski definition) is 1. The zero-order valence-electron chi connectivity index (χ0n) is 9.47. The van der Waals surface area contributed by atoms with Crippen LogP contribution in [0.25, 0.3) is 0 Å². The van der Waals surface area contributed by atoms with Crippen LogP contribution in [0.4, 0.5) is 10.2 Å².